The van der Waals surface area contributed by atoms with Gasteiger partial charge in [0.1, 0.15) is 19.3 Å². The quantitative estimate of drug-likeness (QED) is 0.0222. The Hall–Kier alpha value is -1.94. The number of phosphoric acid groups is 2. The molecular formula is C77H150O17P2. The minimum Gasteiger partial charge on any atom is -0.462 e. The Kier molecular flexibility index (Phi) is 65.0. The summed E-state index contributed by atoms with van der Waals surface area (Å²) in [6.45, 7) is 14.2. The molecule has 0 aliphatic rings. The van der Waals surface area contributed by atoms with Gasteiger partial charge in [0.05, 0.1) is 26.4 Å². The van der Waals surface area contributed by atoms with E-state index >= 15 is 0 Å². The molecule has 0 saturated carbocycles. The van der Waals surface area contributed by atoms with Crippen molar-refractivity contribution in [2.45, 2.75) is 408 Å². The zero-order valence-electron chi connectivity index (χ0n) is 63.0. The van der Waals surface area contributed by atoms with Gasteiger partial charge >= 0.3 is 39.5 Å². The highest BCUT2D eigenvalue weighted by atomic mass is 31.2. The zero-order chi connectivity index (χ0) is 71.0. The number of rotatable bonds is 74. The summed E-state index contributed by atoms with van der Waals surface area (Å²) in [6, 6.07) is 0. The van der Waals surface area contributed by atoms with Crippen molar-refractivity contribution in [1.29, 1.82) is 0 Å². The van der Waals surface area contributed by atoms with Crippen molar-refractivity contribution < 1.29 is 80.2 Å². The van der Waals surface area contributed by atoms with Crippen LogP contribution >= 0.6 is 15.6 Å². The molecule has 0 aromatic carbocycles. The minimum atomic E-state index is -4.96. The Morgan fingerprint density at radius 2 is 0.438 bits per heavy atom. The third-order valence-corrected chi connectivity index (χ3v) is 19.7. The number of phosphoric ester groups is 2. The number of esters is 4. The maximum Gasteiger partial charge on any atom is 0.472 e. The highest BCUT2D eigenvalue weighted by Gasteiger charge is 2.30. The Morgan fingerprint density at radius 1 is 0.260 bits per heavy atom. The van der Waals surface area contributed by atoms with Crippen molar-refractivity contribution in [2.75, 3.05) is 39.6 Å². The van der Waals surface area contributed by atoms with Crippen molar-refractivity contribution in [3.05, 3.63) is 0 Å². The van der Waals surface area contributed by atoms with Crippen molar-refractivity contribution in [3.63, 3.8) is 0 Å². The summed E-state index contributed by atoms with van der Waals surface area (Å²) in [5.41, 5.74) is 0. The van der Waals surface area contributed by atoms with Crippen LogP contribution < -0.4 is 0 Å². The van der Waals surface area contributed by atoms with Gasteiger partial charge in [0, 0.05) is 25.7 Å². The molecule has 0 aliphatic carbocycles. The first-order valence-corrected chi connectivity index (χ1v) is 42.7. The molecule has 570 valence electrons. The SMILES string of the molecule is CC(C)CCCCCCCCCCCCCCCCCCC(=O)O[C@H](COC(=O)CCCCCCCCCCCCCCC(C)C)COP(=O)(O)OCC(O)COP(=O)(O)OC[C@@H](COC(=O)CCCCCCCCCCC(C)C)OC(=O)CCCCCCCCCCC(C)C. The number of unbranched alkanes of at least 4 members (excludes halogenated alkanes) is 40. The average Bonchev–Trinajstić information content (AvgIpc) is 1.44. The second kappa shape index (κ2) is 66.3. The van der Waals surface area contributed by atoms with Gasteiger partial charge in [0.15, 0.2) is 12.2 Å². The van der Waals surface area contributed by atoms with E-state index in [9.17, 15) is 43.2 Å². The summed E-state index contributed by atoms with van der Waals surface area (Å²) in [5, 5.41) is 10.6. The van der Waals surface area contributed by atoms with Crippen molar-refractivity contribution >= 4 is 39.5 Å². The number of carbonyl (C=O) groups is 4. The molecule has 3 unspecified atom stereocenters. The molecule has 0 aromatic heterocycles. The molecule has 0 radical (unpaired) electrons. The van der Waals surface area contributed by atoms with Gasteiger partial charge in [-0.3, -0.25) is 37.3 Å². The number of hydrogen-bond acceptors (Lipinski definition) is 15. The van der Waals surface area contributed by atoms with Gasteiger partial charge in [-0.25, -0.2) is 9.13 Å². The van der Waals surface area contributed by atoms with Crippen LogP contribution in [0.3, 0.4) is 0 Å². The smallest absolute Gasteiger partial charge is 0.462 e. The third-order valence-electron chi connectivity index (χ3n) is 17.8. The summed E-state index contributed by atoms with van der Waals surface area (Å²) < 4.78 is 68.5. The fourth-order valence-corrected chi connectivity index (χ4v) is 13.3. The summed E-state index contributed by atoms with van der Waals surface area (Å²) in [7, 11) is -9.91. The molecule has 0 amide bonds. The predicted octanol–water partition coefficient (Wildman–Crippen LogP) is 22.4. The molecule has 0 rings (SSSR count). The number of ether oxygens (including phenoxy) is 4. The van der Waals surface area contributed by atoms with Crippen LogP contribution in [0.25, 0.3) is 0 Å². The van der Waals surface area contributed by atoms with Gasteiger partial charge in [-0.1, -0.05) is 338 Å². The molecule has 3 N–H and O–H groups in total. The van der Waals surface area contributed by atoms with Crippen LogP contribution in [-0.2, 0) is 65.4 Å². The summed E-state index contributed by atoms with van der Waals surface area (Å²) in [5.74, 6) is 0.914. The lowest BCUT2D eigenvalue weighted by Crippen LogP contribution is -2.30. The first-order chi connectivity index (χ1) is 46.1. The molecule has 5 atom stereocenters. The van der Waals surface area contributed by atoms with Crippen LogP contribution in [0.15, 0.2) is 0 Å². The fourth-order valence-electron chi connectivity index (χ4n) is 11.7. The predicted molar refractivity (Wildman–Crippen MR) is 391 cm³/mol. The summed E-state index contributed by atoms with van der Waals surface area (Å²) in [6.07, 6.45) is 51.4. The first-order valence-electron chi connectivity index (χ1n) is 39.7. The Labute approximate surface area is 588 Å². The molecule has 96 heavy (non-hydrogen) atoms. The molecular weight excluding hydrogens is 1260 g/mol. The maximum atomic E-state index is 13.1. The van der Waals surface area contributed by atoms with E-state index in [2.05, 4.69) is 55.4 Å². The van der Waals surface area contributed by atoms with E-state index in [4.69, 9.17) is 37.0 Å². The fraction of sp³-hybridized carbons (Fsp3) is 0.948. The largest absolute Gasteiger partial charge is 0.472 e. The van der Waals surface area contributed by atoms with Gasteiger partial charge in [0.25, 0.3) is 0 Å². The van der Waals surface area contributed by atoms with E-state index in [0.717, 1.165) is 114 Å². The molecule has 0 spiro atoms. The molecule has 0 heterocycles. The van der Waals surface area contributed by atoms with Gasteiger partial charge in [-0.2, -0.15) is 0 Å². The molecule has 0 saturated heterocycles. The minimum absolute atomic E-state index is 0.104. The van der Waals surface area contributed by atoms with E-state index in [1.165, 1.54) is 193 Å². The standard InChI is InChI=1S/C77H150O17P2/c1-67(2)53-45-37-29-21-17-13-11-9-10-12-14-20-24-35-43-51-59-76(81)93-72(63-87-74(79)57-49-41-33-23-19-16-15-18-22-30-38-46-54-68(3)4)65-91-95(83,84)89-61-71(78)62-90-96(85,86)92-66-73(94-77(82)60-52-44-36-28-26-32-40-48-56-70(7)8)64-88-75(80)58-50-42-34-27-25-31-39-47-55-69(5)6/h67-73,78H,9-66H2,1-8H3,(H,83,84)(H,85,86)/t71?,72-,73-/m1/s1. The Bertz CT molecular complexity index is 1880. The lowest BCUT2D eigenvalue weighted by atomic mass is 10.0. The van der Waals surface area contributed by atoms with Crippen molar-refractivity contribution in [2.24, 2.45) is 23.7 Å². The van der Waals surface area contributed by atoms with E-state index in [0.29, 0.717) is 25.7 Å². The summed E-state index contributed by atoms with van der Waals surface area (Å²) >= 11 is 0. The van der Waals surface area contributed by atoms with Gasteiger partial charge < -0.3 is 33.8 Å². The lowest BCUT2D eigenvalue weighted by Gasteiger charge is -2.21. The molecule has 0 aliphatic heterocycles. The Morgan fingerprint density at radius 3 is 0.646 bits per heavy atom. The third kappa shape index (κ3) is 70.5. The molecule has 19 heteroatoms. The number of carbonyl (C=O) groups excluding carboxylic acids is 4. The Balaban J connectivity index is 5.24. The molecule has 17 nitrogen and oxygen atoms in total. The molecule has 0 fully saturated rings. The highest BCUT2D eigenvalue weighted by molar-refractivity contribution is 7.47. The molecule has 0 aromatic rings. The monoisotopic (exact) mass is 1410 g/mol. The summed E-state index contributed by atoms with van der Waals surface area (Å²) in [4.78, 5) is 72.8. The van der Waals surface area contributed by atoms with Gasteiger partial charge in [0.2, 0.25) is 0 Å². The van der Waals surface area contributed by atoms with Crippen LogP contribution in [-0.4, -0.2) is 96.7 Å². The lowest BCUT2D eigenvalue weighted by molar-refractivity contribution is -0.161. The average molecular weight is 1410 g/mol. The zero-order valence-corrected chi connectivity index (χ0v) is 64.8. The molecule has 0 bridgehead atoms. The van der Waals surface area contributed by atoms with E-state index in [1.807, 2.05) is 0 Å². The second-order valence-electron chi connectivity index (χ2n) is 29.7. The number of aliphatic hydroxyl groups is 1. The number of aliphatic hydroxyl groups excluding tert-OH is 1. The van der Waals surface area contributed by atoms with Crippen LogP contribution in [0, 0.1) is 23.7 Å². The maximum absolute atomic E-state index is 13.1. The topological polar surface area (TPSA) is 237 Å². The van der Waals surface area contributed by atoms with Crippen molar-refractivity contribution in [1.82, 2.24) is 0 Å². The number of hydrogen-bond donors (Lipinski definition) is 3. The van der Waals surface area contributed by atoms with Crippen LogP contribution in [0.4, 0.5) is 0 Å². The highest BCUT2D eigenvalue weighted by Crippen LogP contribution is 2.45. The normalized spacial score (nSPS) is 14.1. The van der Waals surface area contributed by atoms with Crippen molar-refractivity contribution in [3.8, 4) is 0 Å². The van der Waals surface area contributed by atoms with E-state index in [1.54, 1.807) is 0 Å². The van der Waals surface area contributed by atoms with E-state index < -0.39 is 97.5 Å². The second-order valence-corrected chi connectivity index (χ2v) is 32.6. The van der Waals surface area contributed by atoms with Gasteiger partial charge in [-0.05, 0) is 49.4 Å². The van der Waals surface area contributed by atoms with Crippen LogP contribution in [0.2, 0.25) is 0 Å². The van der Waals surface area contributed by atoms with Crippen LogP contribution in [0.1, 0.15) is 389 Å². The van der Waals surface area contributed by atoms with E-state index in [-0.39, 0.29) is 25.7 Å². The van der Waals surface area contributed by atoms with Gasteiger partial charge in [-0.15, -0.1) is 0 Å². The van der Waals surface area contributed by atoms with Crippen LogP contribution in [0.5, 0.6) is 0 Å². The first kappa shape index (κ1) is 94.1.